The molecule has 3 heteroatoms. The summed E-state index contributed by atoms with van der Waals surface area (Å²) in [5.74, 6) is 1.52. The standard InChI is InChI=1S/C23H24N2O/c1-15-21(16-11-13-18(26-2)14-12-16)19-9-6-10-20(24)23(19)25-22(15)17-7-4-3-5-8-17/h3-15,21-22,25H,24H2,1-2H3/t15-,21+,22-/m0/s1. The van der Waals surface area contributed by atoms with Gasteiger partial charge in [-0.25, -0.2) is 0 Å². The fourth-order valence-electron chi connectivity index (χ4n) is 4.12. The summed E-state index contributed by atoms with van der Waals surface area (Å²) in [6.45, 7) is 2.31. The van der Waals surface area contributed by atoms with E-state index in [1.54, 1.807) is 7.11 Å². The number of nitrogen functional groups attached to an aromatic ring is 1. The van der Waals surface area contributed by atoms with Crippen LogP contribution in [0.5, 0.6) is 5.75 Å². The van der Waals surface area contributed by atoms with Crippen LogP contribution in [0.2, 0.25) is 0 Å². The SMILES string of the molecule is COc1ccc([C@@H]2c3cccc(N)c3N[C@H](c3ccccc3)[C@H]2C)cc1. The number of methoxy groups -OCH3 is 1. The van der Waals surface area contributed by atoms with E-state index in [2.05, 4.69) is 60.8 Å². The van der Waals surface area contributed by atoms with Crippen molar-refractivity contribution in [3.63, 3.8) is 0 Å². The van der Waals surface area contributed by atoms with Crippen molar-refractivity contribution >= 4 is 11.4 Å². The van der Waals surface area contributed by atoms with Gasteiger partial charge >= 0.3 is 0 Å². The van der Waals surface area contributed by atoms with Crippen LogP contribution in [0, 0.1) is 5.92 Å². The minimum absolute atomic E-state index is 0.209. The van der Waals surface area contributed by atoms with Crippen LogP contribution in [-0.2, 0) is 0 Å². The van der Waals surface area contributed by atoms with Crippen LogP contribution in [0.25, 0.3) is 0 Å². The summed E-state index contributed by atoms with van der Waals surface area (Å²) < 4.78 is 5.33. The van der Waals surface area contributed by atoms with E-state index in [0.29, 0.717) is 5.92 Å². The third-order valence-corrected chi connectivity index (χ3v) is 5.45. The highest BCUT2D eigenvalue weighted by Crippen LogP contribution is 2.49. The molecule has 1 aliphatic rings. The van der Waals surface area contributed by atoms with E-state index in [1.807, 2.05) is 24.3 Å². The van der Waals surface area contributed by atoms with Gasteiger partial charge in [-0.15, -0.1) is 0 Å². The number of rotatable bonds is 3. The molecular weight excluding hydrogens is 320 g/mol. The fourth-order valence-corrected chi connectivity index (χ4v) is 4.12. The monoisotopic (exact) mass is 344 g/mol. The molecule has 3 aromatic carbocycles. The molecule has 0 saturated carbocycles. The van der Waals surface area contributed by atoms with Crippen molar-refractivity contribution in [1.29, 1.82) is 0 Å². The first kappa shape index (κ1) is 16.5. The van der Waals surface area contributed by atoms with Gasteiger partial charge in [0, 0.05) is 5.92 Å². The molecule has 1 heterocycles. The van der Waals surface area contributed by atoms with Gasteiger partial charge in [-0.2, -0.15) is 0 Å². The first-order chi connectivity index (χ1) is 12.7. The lowest BCUT2D eigenvalue weighted by Gasteiger charge is -2.40. The first-order valence-corrected chi connectivity index (χ1v) is 9.03. The molecule has 132 valence electrons. The van der Waals surface area contributed by atoms with E-state index < -0.39 is 0 Å². The quantitative estimate of drug-likeness (QED) is 0.641. The number of nitrogens with two attached hydrogens (primary N) is 1. The van der Waals surface area contributed by atoms with E-state index in [9.17, 15) is 0 Å². The number of hydrogen-bond acceptors (Lipinski definition) is 3. The van der Waals surface area contributed by atoms with Crippen LogP contribution < -0.4 is 15.8 Å². The van der Waals surface area contributed by atoms with Gasteiger partial charge < -0.3 is 15.8 Å². The van der Waals surface area contributed by atoms with Crippen molar-refractivity contribution in [3.05, 3.63) is 89.5 Å². The normalized spacial score (nSPS) is 21.5. The van der Waals surface area contributed by atoms with Crippen molar-refractivity contribution in [2.75, 3.05) is 18.2 Å². The molecule has 3 nitrogen and oxygen atoms in total. The number of fused-ring (bicyclic) bond motifs is 1. The van der Waals surface area contributed by atoms with Crippen molar-refractivity contribution in [2.24, 2.45) is 5.92 Å². The van der Waals surface area contributed by atoms with Crippen LogP contribution in [0.15, 0.2) is 72.8 Å². The Hall–Kier alpha value is -2.94. The number of para-hydroxylation sites is 1. The Morgan fingerprint density at radius 1 is 0.846 bits per heavy atom. The van der Waals surface area contributed by atoms with Crippen LogP contribution in [0.4, 0.5) is 11.4 Å². The molecule has 0 spiro atoms. The van der Waals surface area contributed by atoms with Crippen molar-refractivity contribution in [3.8, 4) is 5.75 Å². The van der Waals surface area contributed by atoms with Gasteiger partial charge in [0.15, 0.2) is 0 Å². The molecule has 1 aliphatic heterocycles. The first-order valence-electron chi connectivity index (χ1n) is 9.03. The van der Waals surface area contributed by atoms with Gasteiger partial charge in [-0.05, 0) is 40.8 Å². The van der Waals surface area contributed by atoms with E-state index in [-0.39, 0.29) is 12.0 Å². The minimum Gasteiger partial charge on any atom is -0.497 e. The summed E-state index contributed by atoms with van der Waals surface area (Å²) in [7, 11) is 1.70. The molecule has 0 aromatic heterocycles. The molecule has 0 bridgehead atoms. The average molecular weight is 344 g/mol. The van der Waals surface area contributed by atoms with Gasteiger partial charge in [-0.1, -0.05) is 61.5 Å². The maximum absolute atomic E-state index is 6.33. The van der Waals surface area contributed by atoms with Crippen molar-refractivity contribution in [1.82, 2.24) is 0 Å². The molecular formula is C23H24N2O. The molecule has 0 radical (unpaired) electrons. The smallest absolute Gasteiger partial charge is 0.118 e. The lowest BCUT2D eigenvalue weighted by Crippen LogP contribution is -2.31. The van der Waals surface area contributed by atoms with E-state index >= 15 is 0 Å². The molecule has 0 unspecified atom stereocenters. The third kappa shape index (κ3) is 2.80. The maximum atomic E-state index is 6.33. The molecule has 26 heavy (non-hydrogen) atoms. The summed E-state index contributed by atoms with van der Waals surface area (Å²) in [6.07, 6.45) is 0. The highest BCUT2D eigenvalue weighted by molar-refractivity contribution is 5.74. The van der Waals surface area contributed by atoms with E-state index in [1.165, 1.54) is 16.7 Å². The highest BCUT2D eigenvalue weighted by Gasteiger charge is 2.36. The third-order valence-electron chi connectivity index (χ3n) is 5.45. The molecule has 0 saturated heterocycles. The second-order valence-electron chi connectivity index (χ2n) is 6.95. The van der Waals surface area contributed by atoms with Crippen LogP contribution >= 0.6 is 0 Å². The predicted octanol–water partition coefficient (Wildman–Crippen LogP) is 5.21. The Balaban J connectivity index is 1.84. The van der Waals surface area contributed by atoms with Crippen LogP contribution in [-0.4, -0.2) is 7.11 Å². The molecule has 4 rings (SSSR count). The Morgan fingerprint density at radius 3 is 2.27 bits per heavy atom. The molecule has 0 aliphatic carbocycles. The minimum atomic E-state index is 0.209. The summed E-state index contributed by atoms with van der Waals surface area (Å²) in [5, 5.41) is 3.70. The van der Waals surface area contributed by atoms with Crippen LogP contribution in [0.3, 0.4) is 0 Å². The van der Waals surface area contributed by atoms with Gasteiger partial charge in [0.1, 0.15) is 5.75 Å². The number of nitrogens with one attached hydrogen (secondary N) is 1. The Kier molecular flexibility index (Phi) is 4.29. The van der Waals surface area contributed by atoms with Crippen molar-refractivity contribution in [2.45, 2.75) is 18.9 Å². The number of anilines is 2. The molecule has 0 fully saturated rings. The molecule has 3 aromatic rings. The molecule has 3 atom stereocenters. The summed E-state index contributed by atoms with van der Waals surface area (Å²) in [4.78, 5) is 0. The Labute approximate surface area is 154 Å². The Morgan fingerprint density at radius 2 is 1.58 bits per heavy atom. The molecule has 3 N–H and O–H groups in total. The number of ether oxygens (including phenoxy) is 1. The van der Waals surface area contributed by atoms with E-state index in [0.717, 1.165) is 17.1 Å². The number of hydrogen-bond donors (Lipinski definition) is 2. The summed E-state index contributed by atoms with van der Waals surface area (Å²) in [5.41, 5.74) is 12.0. The van der Waals surface area contributed by atoms with Gasteiger partial charge in [0.25, 0.3) is 0 Å². The molecule has 0 amide bonds. The lowest BCUT2D eigenvalue weighted by molar-refractivity contribution is 0.412. The van der Waals surface area contributed by atoms with Crippen molar-refractivity contribution < 1.29 is 4.74 Å². The zero-order valence-corrected chi connectivity index (χ0v) is 15.1. The van der Waals surface area contributed by atoms with E-state index in [4.69, 9.17) is 10.5 Å². The van der Waals surface area contributed by atoms with Gasteiger partial charge in [-0.3, -0.25) is 0 Å². The number of benzene rings is 3. The second kappa shape index (κ2) is 6.75. The summed E-state index contributed by atoms with van der Waals surface area (Å²) in [6, 6.07) is 25.4. The zero-order chi connectivity index (χ0) is 18.1. The average Bonchev–Trinajstić information content (AvgIpc) is 2.69. The van der Waals surface area contributed by atoms with Crippen LogP contribution in [0.1, 0.15) is 35.6 Å². The van der Waals surface area contributed by atoms with Gasteiger partial charge in [0.05, 0.1) is 24.5 Å². The van der Waals surface area contributed by atoms with Gasteiger partial charge in [0.2, 0.25) is 0 Å². The zero-order valence-electron chi connectivity index (χ0n) is 15.1. The maximum Gasteiger partial charge on any atom is 0.118 e. The lowest BCUT2D eigenvalue weighted by atomic mass is 9.73. The predicted molar refractivity (Wildman–Crippen MR) is 108 cm³/mol. The fraction of sp³-hybridized carbons (Fsp3) is 0.217. The Bertz CT molecular complexity index is 890. The largest absolute Gasteiger partial charge is 0.497 e. The summed E-state index contributed by atoms with van der Waals surface area (Å²) >= 11 is 0. The second-order valence-corrected chi connectivity index (χ2v) is 6.95. The highest BCUT2D eigenvalue weighted by atomic mass is 16.5. The topological polar surface area (TPSA) is 47.3 Å².